The first-order valence-corrected chi connectivity index (χ1v) is 4.56. The number of hydrogen-bond acceptors (Lipinski definition) is 3. The quantitative estimate of drug-likeness (QED) is 0.641. The Morgan fingerprint density at radius 2 is 2.13 bits per heavy atom. The summed E-state index contributed by atoms with van der Waals surface area (Å²) in [5.74, 6) is 0. The maximum absolute atomic E-state index is 10.6. The van der Waals surface area contributed by atoms with Crippen LogP contribution in [0.15, 0.2) is 18.2 Å². The molecule has 1 atom stereocenters. The number of benzene rings is 1. The molecule has 4 nitrogen and oxygen atoms in total. The van der Waals surface area contributed by atoms with E-state index in [9.17, 15) is 10.1 Å². The fourth-order valence-electron chi connectivity index (χ4n) is 1.29. The lowest BCUT2D eigenvalue weighted by molar-refractivity contribution is -0.385. The molecule has 0 spiro atoms. The zero-order valence-electron chi connectivity index (χ0n) is 8.77. The Bertz CT molecular complexity index is 355. The van der Waals surface area contributed by atoms with Gasteiger partial charge in [0.15, 0.2) is 0 Å². The number of nitro groups is 1. The van der Waals surface area contributed by atoms with E-state index in [0.717, 1.165) is 12.0 Å². The van der Waals surface area contributed by atoms with Crippen LogP contribution in [0.2, 0.25) is 0 Å². The summed E-state index contributed by atoms with van der Waals surface area (Å²) in [4.78, 5) is 10.3. The van der Waals surface area contributed by atoms with Crippen LogP contribution in [0.3, 0.4) is 0 Å². The van der Waals surface area contributed by atoms with Crippen molar-refractivity contribution in [2.45, 2.75) is 26.3 Å². The SMILES string of the molecule is CC[C@@H](N)c1ccc(C)c([N+](=O)[O-])c1.Cl. The van der Waals surface area contributed by atoms with Gasteiger partial charge in [-0.1, -0.05) is 19.1 Å². The average molecular weight is 231 g/mol. The predicted octanol–water partition coefficient (Wildman–Crippen LogP) is 2.73. The van der Waals surface area contributed by atoms with Gasteiger partial charge >= 0.3 is 0 Å². The second kappa shape index (κ2) is 5.68. The first-order chi connectivity index (χ1) is 6.56. The first-order valence-electron chi connectivity index (χ1n) is 4.56. The van der Waals surface area contributed by atoms with Gasteiger partial charge in [0.25, 0.3) is 5.69 Å². The maximum Gasteiger partial charge on any atom is 0.272 e. The van der Waals surface area contributed by atoms with Crippen molar-refractivity contribution >= 4 is 18.1 Å². The molecule has 0 aliphatic heterocycles. The molecule has 0 amide bonds. The summed E-state index contributed by atoms with van der Waals surface area (Å²) < 4.78 is 0. The van der Waals surface area contributed by atoms with Gasteiger partial charge in [-0.15, -0.1) is 12.4 Å². The Balaban J connectivity index is 0.00000196. The van der Waals surface area contributed by atoms with Crippen molar-refractivity contribution in [3.8, 4) is 0 Å². The van der Waals surface area contributed by atoms with E-state index in [0.29, 0.717) is 5.56 Å². The molecule has 0 fully saturated rings. The van der Waals surface area contributed by atoms with Gasteiger partial charge in [0.05, 0.1) is 4.92 Å². The second-order valence-electron chi connectivity index (χ2n) is 3.32. The molecule has 1 rings (SSSR count). The van der Waals surface area contributed by atoms with Crippen molar-refractivity contribution in [2.75, 3.05) is 0 Å². The molecule has 1 aromatic carbocycles. The summed E-state index contributed by atoms with van der Waals surface area (Å²) in [6.07, 6.45) is 0.778. The fraction of sp³-hybridized carbons (Fsp3) is 0.400. The molecule has 5 heteroatoms. The highest BCUT2D eigenvalue weighted by Crippen LogP contribution is 2.23. The molecule has 0 saturated carbocycles. The van der Waals surface area contributed by atoms with Crippen molar-refractivity contribution in [2.24, 2.45) is 5.73 Å². The highest BCUT2D eigenvalue weighted by atomic mass is 35.5. The van der Waals surface area contributed by atoms with E-state index in [1.165, 1.54) is 0 Å². The summed E-state index contributed by atoms with van der Waals surface area (Å²) in [6, 6.07) is 5.03. The molecular weight excluding hydrogens is 216 g/mol. The van der Waals surface area contributed by atoms with Gasteiger partial charge in [0.1, 0.15) is 0 Å². The molecule has 2 N–H and O–H groups in total. The number of nitrogens with zero attached hydrogens (tertiary/aromatic N) is 1. The largest absolute Gasteiger partial charge is 0.324 e. The Labute approximate surface area is 95.0 Å². The number of aryl methyl sites for hydroxylation is 1. The van der Waals surface area contributed by atoms with Crippen LogP contribution < -0.4 is 5.73 Å². The van der Waals surface area contributed by atoms with E-state index in [1.54, 1.807) is 19.1 Å². The highest BCUT2D eigenvalue weighted by molar-refractivity contribution is 5.85. The van der Waals surface area contributed by atoms with Crippen molar-refractivity contribution in [3.63, 3.8) is 0 Å². The van der Waals surface area contributed by atoms with Crippen LogP contribution in [0.5, 0.6) is 0 Å². The number of hydrogen-bond donors (Lipinski definition) is 1. The predicted molar refractivity (Wildman–Crippen MR) is 62.3 cm³/mol. The van der Waals surface area contributed by atoms with Gasteiger partial charge in [-0.25, -0.2) is 0 Å². The van der Waals surface area contributed by atoms with Crippen molar-refractivity contribution in [1.82, 2.24) is 0 Å². The zero-order valence-corrected chi connectivity index (χ0v) is 9.58. The van der Waals surface area contributed by atoms with Crippen molar-refractivity contribution < 1.29 is 4.92 Å². The monoisotopic (exact) mass is 230 g/mol. The van der Waals surface area contributed by atoms with Crippen LogP contribution >= 0.6 is 12.4 Å². The van der Waals surface area contributed by atoms with E-state index in [1.807, 2.05) is 13.0 Å². The third-order valence-corrected chi connectivity index (χ3v) is 2.30. The normalized spacial score (nSPS) is 11.7. The molecule has 0 aliphatic carbocycles. The number of nitrogens with two attached hydrogens (primary N) is 1. The minimum Gasteiger partial charge on any atom is -0.324 e. The molecule has 0 unspecified atom stereocenters. The Morgan fingerprint density at radius 3 is 2.60 bits per heavy atom. The minimum absolute atomic E-state index is 0. The number of nitro benzene ring substituents is 1. The van der Waals surface area contributed by atoms with E-state index < -0.39 is 0 Å². The molecule has 0 aromatic heterocycles. The molecule has 15 heavy (non-hydrogen) atoms. The summed E-state index contributed by atoms with van der Waals surface area (Å²) in [5.41, 5.74) is 7.43. The fourth-order valence-corrected chi connectivity index (χ4v) is 1.29. The molecule has 84 valence electrons. The Morgan fingerprint density at radius 1 is 1.53 bits per heavy atom. The molecular formula is C10H15ClN2O2. The summed E-state index contributed by atoms with van der Waals surface area (Å²) in [6.45, 7) is 3.68. The van der Waals surface area contributed by atoms with Crippen LogP contribution in [0.25, 0.3) is 0 Å². The molecule has 0 saturated heterocycles. The molecule has 0 radical (unpaired) electrons. The van der Waals surface area contributed by atoms with Gasteiger partial charge in [-0.2, -0.15) is 0 Å². The highest BCUT2D eigenvalue weighted by Gasteiger charge is 2.13. The smallest absolute Gasteiger partial charge is 0.272 e. The molecule has 0 bridgehead atoms. The third kappa shape index (κ3) is 3.18. The summed E-state index contributed by atoms with van der Waals surface area (Å²) in [7, 11) is 0. The Kier molecular flexibility index (Phi) is 5.25. The van der Waals surface area contributed by atoms with Crippen molar-refractivity contribution in [3.05, 3.63) is 39.4 Å². The average Bonchev–Trinajstić information content (AvgIpc) is 2.17. The minimum atomic E-state index is -0.374. The van der Waals surface area contributed by atoms with Crippen LogP contribution in [0.4, 0.5) is 5.69 Å². The zero-order chi connectivity index (χ0) is 10.7. The second-order valence-corrected chi connectivity index (χ2v) is 3.32. The van der Waals surface area contributed by atoms with E-state index in [4.69, 9.17) is 5.73 Å². The third-order valence-electron chi connectivity index (χ3n) is 2.30. The van der Waals surface area contributed by atoms with Crippen molar-refractivity contribution in [1.29, 1.82) is 0 Å². The topological polar surface area (TPSA) is 69.2 Å². The lowest BCUT2D eigenvalue weighted by atomic mass is 10.0. The van der Waals surface area contributed by atoms with Gasteiger partial charge in [-0.3, -0.25) is 10.1 Å². The van der Waals surface area contributed by atoms with Crippen LogP contribution in [-0.4, -0.2) is 4.92 Å². The number of halogens is 1. The molecule has 0 aliphatic rings. The number of rotatable bonds is 3. The van der Waals surface area contributed by atoms with Gasteiger partial charge < -0.3 is 5.73 Å². The summed E-state index contributed by atoms with van der Waals surface area (Å²) in [5, 5.41) is 10.6. The van der Waals surface area contributed by atoms with Gasteiger partial charge in [0.2, 0.25) is 0 Å². The lowest BCUT2D eigenvalue weighted by Gasteiger charge is -2.09. The molecule has 0 heterocycles. The molecule has 1 aromatic rings. The first kappa shape index (κ1) is 13.9. The maximum atomic E-state index is 10.6. The summed E-state index contributed by atoms with van der Waals surface area (Å²) >= 11 is 0. The van der Waals surface area contributed by atoms with Gasteiger partial charge in [-0.05, 0) is 18.9 Å². The van der Waals surface area contributed by atoms with Gasteiger partial charge in [0, 0.05) is 17.7 Å². The Hall–Kier alpha value is -1.13. The van der Waals surface area contributed by atoms with E-state index in [2.05, 4.69) is 0 Å². The van der Waals surface area contributed by atoms with E-state index in [-0.39, 0.29) is 29.1 Å². The van der Waals surface area contributed by atoms with E-state index >= 15 is 0 Å². The van der Waals surface area contributed by atoms with Crippen LogP contribution in [0.1, 0.15) is 30.5 Å². The lowest BCUT2D eigenvalue weighted by Crippen LogP contribution is -2.09. The standard InChI is InChI=1S/C10H14N2O2.ClH/c1-3-9(11)8-5-4-7(2)10(6-8)12(13)14;/h4-6,9H,3,11H2,1-2H3;1H/t9-;/m1./s1. The van der Waals surface area contributed by atoms with Crippen LogP contribution in [-0.2, 0) is 0 Å². The van der Waals surface area contributed by atoms with Crippen LogP contribution in [0, 0.1) is 17.0 Å².